The van der Waals surface area contributed by atoms with Crippen molar-refractivity contribution in [1.29, 1.82) is 0 Å². The normalized spacial score (nSPS) is 11.1. The van der Waals surface area contributed by atoms with E-state index in [1.165, 1.54) is 15.9 Å². The van der Waals surface area contributed by atoms with Gasteiger partial charge in [0, 0.05) is 31.5 Å². The summed E-state index contributed by atoms with van der Waals surface area (Å²) in [6, 6.07) is 14.3. The van der Waals surface area contributed by atoms with Crippen LogP contribution in [0.4, 0.5) is 10.8 Å². The fraction of sp³-hybridized carbons (Fsp3) is 0.200. The van der Waals surface area contributed by atoms with Gasteiger partial charge in [0.05, 0.1) is 10.9 Å². The molecule has 0 aliphatic carbocycles. The Kier molecular flexibility index (Phi) is 5.50. The highest BCUT2D eigenvalue weighted by molar-refractivity contribution is 7.20. The number of amides is 1. The maximum Gasteiger partial charge on any atom is 0.283 e. The second-order valence-corrected chi connectivity index (χ2v) is 7.30. The van der Waals surface area contributed by atoms with Gasteiger partial charge in [-0.2, -0.15) is 4.52 Å². The monoisotopic (exact) mass is 409 g/mol. The van der Waals surface area contributed by atoms with E-state index in [0.29, 0.717) is 45.4 Å². The molecule has 0 saturated carbocycles. The van der Waals surface area contributed by atoms with Crippen molar-refractivity contribution in [2.45, 2.75) is 6.42 Å². The summed E-state index contributed by atoms with van der Waals surface area (Å²) in [4.78, 5) is 29.9. The third-order valence-electron chi connectivity index (χ3n) is 4.29. The van der Waals surface area contributed by atoms with Gasteiger partial charge in [-0.15, -0.1) is 5.10 Å². The Hall–Kier alpha value is -3.30. The van der Waals surface area contributed by atoms with Crippen molar-refractivity contribution in [3.05, 3.63) is 64.4 Å². The summed E-state index contributed by atoms with van der Waals surface area (Å²) in [6.07, 6.45) is 0.752. The Labute approximate surface area is 170 Å². The minimum Gasteiger partial charge on any atom is -0.385 e. The van der Waals surface area contributed by atoms with E-state index in [0.717, 1.165) is 6.42 Å². The van der Waals surface area contributed by atoms with Crippen LogP contribution in [0.2, 0.25) is 0 Å². The van der Waals surface area contributed by atoms with Crippen LogP contribution in [0.25, 0.3) is 15.9 Å². The summed E-state index contributed by atoms with van der Waals surface area (Å²) in [6.45, 7) is 1.15. The molecular weight excluding hydrogens is 390 g/mol. The predicted molar refractivity (Wildman–Crippen MR) is 113 cm³/mol. The van der Waals surface area contributed by atoms with Gasteiger partial charge in [0.2, 0.25) is 10.1 Å². The second kappa shape index (κ2) is 8.38. The van der Waals surface area contributed by atoms with Crippen molar-refractivity contribution in [2.75, 3.05) is 25.6 Å². The van der Waals surface area contributed by atoms with Gasteiger partial charge in [-0.05, 0) is 36.8 Å². The lowest BCUT2D eigenvalue weighted by atomic mass is 10.2. The second-order valence-electron chi connectivity index (χ2n) is 6.34. The number of ether oxygens (including phenoxy) is 1. The number of methoxy groups -OCH3 is 1. The van der Waals surface area contributed by atoms with E-state index < -0.39 is 0 Å². The number of fused-ring (bicyclic) bond motifs is 2. The molecule has 0 unspecified atom stereocenters. The van der Waals surface area contributed by atoms with Crippen LogP contribution in [0.1, 0.15) is 16.8 Å². The number of carbonyl (C=O) groups excluding carboxylic acids is 1. The van der Waals surface area contributed by atoms with Crippen molar-refractivity contribution < 1.29 is 9.53 Å². The molecule has 0 aliphatic rings. The van der Waals surface area contributed by atoms with Gasteiger partial charge in [0.25, 0.3) is 11.5 Å². The van der Waals surface area contributed by atoms with Gasteiger partial charge in [-0.1, -0.05) is 29.5 Å². The zero-order chi connectivity index (χ0) is 20.2. The Morgan fingerprint density at radius 3 is 2.93 bits per heavy atom. The highest BCUT2D eigenvalue weighted by Crippen LogP contribution is 2.23. The molecule has 1 amide bonds. The summed E-state index contributed by atoms with van der Waals surface area (Å²) in [5.74, 6) is -0.154. The molecular formula is C20H19N5O3S. The number of hydrogen-bond acceptors (Lipinski definition) is 7. The molecule has 4 rings (SSSR count). The zero-order valence-corrected chi connectivity index (χ0v) is 16.5. The van der Waals surface area contributed by atoms with Crippen molar-refractivity contribution in [3.8, 4) is 0 Å². The molecule has 0 bridgehead atoms. The smallest absolute Gasteiger partial charge is 0.283 e. The van der Waals surface area contributed by atoms with Crippen LogP contribution in [-0.2, 0) is 4.74 Å². The molecule has 148 valence electrons. The molecule has 2 heterocycles. The van der Waals surface area contributed by atoms with Crippen LogP contribution in [0.5, 0.6) is 0 Å². The van der Waals surface area contributed by atoms with Gasteiger partial charge in [-0.3, -0.25) is 9.59 Å². The Balaban J connectivity index is 1.55. The predicted octanol–water partition coefficient (Wildman–Crippen LogP) is 2.81. The number of rotatable bonds is 7. The van der Waals surface area contributed by atoms with E-state index in [2.05, 4.69) is 20.7 Å². The van der Waals surface area contributed by atoms with Gasteiger partial charge < -0.3 is 15.4 Å². The van der Waals surface area contributed by atoms with E-state index in [4.69, 9.17) is 4.74 Å². The molecule has 2 aromatic carbocycles. The van der Waals surface area contributed by atoms with Gasteiger partial charge >= 0.3 is 0 Å². The first-order valence-corrected chi connectivity index (χ1v) is 9.90. The molecule has 9 heteroatoms. The first-order valence-electron chi connectivity index (χ1n) is 9.08. The lowest BCUT2D eigenvalue weighted by molar-refractivity contribution is 0.0948. The van der Waals surface area contributed by atoms with Crippen molar-refractivity contribution in [2.24, 2.45) is 0 Å². The quantitative estimate of drug-likeness (QED) is 0.456. The molecule has 29 heavy (non-hydrogen) atoms. The summed E-state index contributed by atoms with van der Waals surface area (Å²) < 4.78 is 6.27. The largest absolute Gasteiger partial charge is 0.385 e. The van der Waals surface area contributed by atoms with E-state index in [1.807, 2.05) is 12.1 Å². The third kappa shape index (κ3) is 4.10. The SMILES string of the molecule is COCCCNC(=O)c1cccc(Nc2nn3c(=O)c4ccccc4nc3s2)c1. The fourth-order valence-electron chi connectivity index (χ4n) is 2.89. The van der Waals surface area contributed by atoms with E-state index >= 15 is 0 Å². The zero-order valence-electron chi connectivity index (χ0n) is 15.7. The lowest BCUT2D eigenvalue weighted by Crippen LogP contribution is -2.25. The molecule has 8 nitrogen and oxygen atoms in total. The fourth-order valence-corrected chi connectivity index (χ4v) is 3.71. The number of aromatic nitrogens is 3. The maximum atomic E-state index is 12.6. The molecule has 0 spiro atoms. The van der Waals surface area contributed by atoms with E-state index in [-0.39, 0.29) is 11.5 Å². The van der Waals surface area contributed by atoms with Gasteiger partial charge in [0.15, 0.2) is 0 Å². The van der Waals surface area contributed by atoms with E-state index in [1.54, 1.807) is 43.5 Å². The number of nitrogens with one attached hydrogen (secondary N) is 2. The minimum absolute atomic E-state index is 0.154. The van der Waals surface area contributed by atoms with Crippen molar-refractivity contribution >= 4 is 43.9 Å². The highest BCUT2D eigenvalue weighted by atomic mass is 32.1. The first-order chi connectivity index (χ1) is 14.2. The first kappa shape index (κ1) is 19.0. The minimum atomic E-state index is -0.209. The molecule has 0 saturated heterocycles. The van der Waals surface area contributed by atoms with Crippen LogP contribution in [0.3, 0.4) is 0 Å². The Morgan fingerprint density at radius 1 is 1.21 bits per heavy atom. The molecule has 2 N–H and O–H groups in total. The molecule has 0 radical (unpaired) electrons. The number of para-hydroxylation sites is 1. The average Bonchev–Trinajstić information content (AvgIpc) is 3.14. The van der Waals surface area contributed by atoms with Crippen molar-refractivity contribution in [3.63, 3.8) is 0 Å². The van der Waals surface area contributed by atoms with Crippen LogP contribution in [0.15, 0.2) is 53.3 Å². The van der Waals surface area contributed by atoms with Crippen LogP contribution in [-0.4, -0.2) is 40.8 Å². The van der Waals surface area contributed by atoms with Gasteiger partial charge in [-0.25, -0.2) is 4.98 Å². The number of nitrogens with zero attached hydrogens (tertiary/aromatic N) is 3. The lowest BCUT2D eigenvalue weighted by Gasteiger charge is -2.07. The number of anilines is 2. The number of carbonyl (C=O) groups is 1. The summed E-state index contributed by atoms with van der Waals surface area (Å²) in [5.41, 5.74) is 1.67. The summed E-state index contributed by atoms with van der Waals surface area (Å²) >= 11 is 1.27. The third-order valence-corrected chi connectivity index (χ3v) is 5.11. The molecule has 4 aromatic rings. The molecule has 2 aromatic heterocycles. The molecule has 0 fully saturated rings. The Bertz CT molecular complexity index is 1230. The topological polar surface area (TPSA) is 97.6 Å². The average molecular weight is 409 g/mol. The number of benzene rings is 2. The van der Waals surface area contributed by atoms with Gasteiger partial charge in [0.1, 0.15) is 0 Å². The van der Waals surface area contributed by atoms with Crippen LogP contribution < -0.4 is 16.2 Å². The number of hydrogen-bond donors (Lipinski definition) is 2. The maximum absolute atomic E-state index is 12.6. The van der Waals surface area contributed by atoms with E-state index in [9.17, 15) is 9.59 Å². The Morgan fingerprint density at radius 2 is 2.07 bits per heavy atom. The van der Waals surface area contributed by atoms with Crippen molar-refractivity contribution in [1.82, 2.24) is 19.9 Å². The molecule has 0 aliphatic heterocycles. The summed E-state index contributed by atoms with van der Waals surface area (Å²) in [7, 11) is 1.63. The highest BCUT2D eigenvalue weighted by Gasteiger charge is 2.12. The molecule has 0 atom stereocenters. The standard InChI is InChI=1S/C20H19N5O3S/c1-28-11-5-10-21-17(26)13-6-4-7-14(12-13)22-19-24-25-18(27)15-8-2-3-9-16(15)23-20(25)29-19/h2-4,6-9,12H,5,10-11H2,1H3,(H,21,26)(H,22,24). The summed E-state index contributed by atoms with van der Waals surface area (Å²) in [5, 5.41) is 11.4. The van der Waals surface area contributed by atoms with Crippen LogP contribution in [0, 0.1) is 0 Å². The van der Waals surface area contributed by atoms with Crippen LogP contribution >= 0.6 is 11.3 Å².